The van der Waals surface area contributed by atoms with E-state index in [-0.39, 0.29) is 0 Å². The van der Waals surface area contributed by atoms with Crippen LogP contribution in [0.15, 0.2) is 48.5 Å². The van der Waals surface area contributed by atoms with Gasteiger partial charge in [0.15, 0.2) is 0 Å². The molecule has 0 aromatic heterocycles. The van der Waals surface area contributed by atoms with Crippen molar-refractivity contribution >= 4 is 0 Å². The Kier molecular flexibility index (Phi) is 3.26. The maximum atomic E-state index is 9.70. The van der Waals surface area contributed by atoms with Crippen molar-refractivity contribution in [2.45, 2.75) is 18.9 Å². The first-order chi connectivity index (χ1) is 9.24. The third kappa shape index (κ3) is 2.49. The highest BCUT2D eigenvalue weighted by Gasteiger charge is 2.22. The number of benzene rings is 2. The Balaban J connectivity index is 2.07. The summed E-state index contributed by atoms with van der Waals surface area (Å²) in [7, 11) is 2.14. The quantitative estimate of drug-likeness (QED) is 0.842. The molecule has 98 valence electrons. The largest absolute Gasteiger partial charge is 0.508 e. The van der Waals surface area contributed by atoms with Crippen molar-refractivity contribution in [1.82, 2.24) is 4.90 Å². The Bertz CT molecular complexity index is 565. The molecule has 1 N–H and O–H groups in total. The topological polar surface area (TPSA) is 23.5 Å². The van der Waals surface area contributed by atoms with Crippen LogP contribution in [0, 0.1) is 0 Å². The van der Waals surface area contributed by atoms with Crippen LogP contribution < -0.4 is 0 Å². The van der Waals surface area contributed by atoms with E-state index in [9.17, 15) is 5.11 Å². The van der Waals surface area contributed by atoms with E-state index < -0.39 is 0 Å². The summed E-state index contributed by atoms with van der Waals surface area (Å²) in [6.45, 7) is 1.99. The Labute approximate surface area is 114 Å². The summed E-state index contributed by atoms with van der Waals surface area (Å²) >= 11 is 0. The number of hydrogen-bond acceptors (Lipinski definition) is 2. The van der Waals surface area contributed by atoms with Gasteiger partial charge in [-0.1, -0.05) is 36.4 Å². The van der Waals surface area contributed by atoms with E-state index in [1.54, 1.807) is 6.07 Å². The highest BCUT2D eigenvalue weighted by Crippen LogP contribution is 2.34. The Hall–Kier alpha value is -1.80. The number of phenolic OH excluding ortho intramolecular Hbond substituents is 1. The first kappa shape index (κ1) is 12.2. The van der Waals surface area contributed by atoms with Crippen LogP contribution in [0.2, 0.25) is 0 Å². The van der Waals surface area contributed by atoms with Crippen molar-refractivity contribution in [1.29, 1.82) is 0 Å². The van der Waals surface area contributed by atoms with Gasteiger partial charge in [-0.25, -0.2) is 0 Å². The summed E-state index contributed by atoms with van der Waals surface area (Å²) in [4.78, 5) is 2.32. The summed E-state index contributed by atoms with van der Waals surface area (Å²) < 4.78 is 0. The van der Waals surface area contributed by atoms with Gasteiger partial charge in [-0.15, -0.1) is 0 Å². The third-order valence-corrected chi connectivity index (χ3v) is 3.94. The number of rotatable bonds is 1. The van der Waals surface area contributed by atoms with Crippen LogP contribution in [0.25, 0.3) is 0 Å². The van der Waals surface area contributed by atoms with E-state index in [0.29, 0.717) is 11.7 Å². The second-order valence-electron chi connectivity index (χ2n) is 5.37. The zero-order valence-corrected chi connectivity index (χ0v) is 11.2. The number of aromatic hydroxyl groups is 1. The monoisotopic (exact) mass is 253 g/mol. The molecule has 0 bridgehead atoms. The Morgan fingerprint density at radius 1 is 1.11 bits per heavy atom. The molecule has 0 fully saturated rings. The van der Waals surface area contributed by atoms with Gasteiger partial charge < -0.3 is 10.0 Å². The molecule has 0 saturated carbocycles. The maximum absolute atomic E-state index is 9.70. The molecule has 3 rings (SSSR count). The fourth-order valence-corrected chi connectivity index (χ4v) is 2.98. The van der Waals surface area contributed by atoms with E-state index in [2.05, 4.69) is 48.3 Å². The molecule has 2 aromatic rings. The van der Waals surface area contributed by atoms with Crippen LogP contribution in [-0.4, -0.2) is 23.6 Å². The van der Waals surface area contributed by atoms with Gasteiger partial charge >= 0.3 is 0 Å². The molecule has 1 aliphatic heterocycles. The van der Waals surface area contributed by atoms with E-state index in [4.69, 9.17) is 0 Å². The molecule has 0 amide bonds. The first-order valence-corrected chi connectivity index (χ1v) is 6.79. The summed E-state index contributed by atoms with van der Waals surface area (Å²) in [5.41, 5.74) is 3.96. The minimum absolute atomic E-state index is 0.362. The van der Waals surface area contributed by atoms with E-state index in [1.807, 2.05) is 6.07 Å². The summed E-state index contributed by atoms with van der Waals surface area (Å²) in [6.07, 6.45) is 1.12. The van der Waals surface area contributed by atoms with Gasteiger partial charge in [0, 0.05) is 12.5 Å². The zero-order valence-electron chi connectivity index (χ0n) is 11.2. The molecule has 2 nitrogen and oxygen atoms in total. The standard InChI is InChI=1S/C17H19NO/c1-18-10-9-17(13-5-3-2-4-6-13)16-8-7-15(19)11-14(16)12-18/h2-8,11,17,19H,9-10,12H2,1H3/t17-/m0/s1. The number of fused-ring (bicyclic) bond motifs is 1. The summed E-state index contributed by atoms with van der Waals surface area (Å²) in [5, 5.41) is 9.70. The molecule has 19 heavy (non-hydrogen) atoms. The van der Waals surface area contributed by atoms with Crippen molar-refractivity contribution in [3.8, 4) is 5.75 Å². The minimum atomic E-state index is 0.362. The fraction of sp³-hybridized carbons (Fsp3) is 0.294. The molecule has 0 aliphatic carbocycles. The molecular formula is C17H19NO. The number of nitrogens with zero attached hydrogens (tertiary/aromatic N) is 1. The van der Waals surface area contributed by atoms with Gasteiger partial charge in [0.25, 0.3) is 0 Å². The lowest BCUT2D eigenvalue weighted by atomic mass is 9.86. The lowest BCUT2D eigenvalue weighted by Gasteiger charge is -2.18. The lowest BCUT2D eigenvalue weighted by molar-refractivity contribution is 0.328. The molecule has 2 aromatic carbocycles. The molecular weight excluding hydrogens is 234 g/mol. The molecule has 0 spiro atoms. The van der Waals surface area contributed by atoms with Gasteiger partial charge in [0.1, 0.15) is 5.75 Å². The van der Waals surface area contributed by atoms with Gasteiger partial charge in [-0.3, -0.25) is 0 Å². The van der Waals surface area contributed by atoms with Gasteiger partial charge in [-0.05, 0) is 48.8 Å². The van der Waals surface area contributed by atoms with Gasteiger partial charge in [0.05, 0.1) is 0 Å². The summed E-state index contributed by atoms with van der Waals surface area (Å²) in [6, 6.07) is 16.5. The smallest absolute Gasteiger partial charge is 0.115 e. The maximum Gasteiger partial charge on any atom is 0.115 e. The van der Waals surface area contributed by atoms with Crippen LogP contribution in [0.4, 0.5) is 0 Å². The normalized spacial score (nSPS) is 19.7. The van der Waals surface area contributed by atoms with Crippen LogP contribution in [0.3, 0.4) is 0 Å². The molecule has 0 saturated heterocycles. The zero-order chi connectivity index (χ0) is 13.2. The highest BCUT2D eigenvalue weighted by molar-refractivity contribution is 5.42. The van der Waals surface area contributed by atoms with E-state index in [1.165, 1.54) is 16.7 Å². The first-order valence-electron chi connectivity index (χ1n) is 6.79. The van der Waals surface area contributed by atoms with Crippen molar-refractivity contribution in [2.75, 3.05) is 13.6 Å². The van der Waals surface area contributed by atoms with Crippen molar-refractivity contribution < 1.29 is 5.11 Å². The average Bonchev–Trinajstić information content (AvgIpc) is 2.57. The third-order valence-electron chi connectivity index (χ3n) is 3.94. The van der Waals surface area contributed by atoms with Crippen LogP contribution >= 0.6 is 0 Å². The molecule has 2 heteroatoms. The predicted octanol–water partition coefficient (Wildman–Crippen LogP) is 3.36. The second-order valence-corrected chi connectivity index (χ2v) is 5.37. The average molecular weight is 253 g/mol. The van der Waals surface area contributed by atoms with Gasteiger partial charge in [-0.2, -0.15) is 0 Å². The van der Waals surface area contributed by atoms with Crippen molar-refractivity contribution in [2.24, 2.45) is 0 Å². The molecule has 1 heterocycles. The highest BCUT2D eigenvalue weighted by atomic mass is 16.3. The number of hydrogen-bond donors (Lipinski definition) is 1. The minimum Gasteiger partial charge on any atom is -0.508 e. The molecule has 0 radical (unpaired) electrons. The molecule has 1 atom stereocenters. The van der Waals surface area contributed by atoms with E-state index >= 15 is 0 Å². The van der Waals surface area contributed by atoms with Gasteiger partial charge in [0.2, 0.25) is 0 Å². The predicted molar refractivity (Wildman–Crippen MR) is 77.3 cm³/mol. The van der Waals surface area contributed by atoms with Crippen LogP contribution in [-0.2, 0) is 6.54 Å². The molecule has 0 unspecified atom stereocenters. The SMILES string of the molecule is CN1CC[C@@H](c2ccccc2)c2ccc(O)cc2C1. The van der Waals surface area contributed by atoms with Crippen molar-refractivity contribution in [3.05, 3.63) is 65.2 Å². The number of phenols is 1. The van der Waals surface area contributed by atoms with Crippen LogP contribution in [0.1, 0.15) is 29.0 Å². The van der Waals surface area contributed by atoms with Crippen molar-refractivity contribution in [3.63, 3.8) is 0 Å². The Morgan fingerprint density at radius 3 is 2.68 bits per heavy atom. The lowest BCUT2D eigenvalue weighted by Crippen LogP contribution is -2.17. The Morgan fingerprint density at radius 2 is 1.89 bits per heavy atom. The summed E-state index contributed by atoms with van der Waals surface area (Å²) in [5.74, 6) is 0.794. The van der Waals surface area contributed by atoms with E-state index in [0.717, 1.165) is 19.5 Å². The molecule has 1 aliphatic rings. The second kappa shape index (κ2) is 5.06. The fourth-order valence-electron chi connectivity index (χ4n) is 2.98. The van der Waals surface area contributed by atoms with Crippen LogP contribution in [0.5, 0.6) is 5.75 Å².